The van der Waals surface area contributed by atoms with Gasteiger partial charge in [-0.15, -0.1) is 0 Å². The van der Waals surface area contributed by atoms with Crippen molar-refractivity contribution < 1.29 is 18.8 Å². The van der Waals surface area contributed by atoms with Crippen LogP contribution >= 0.6 is 11.6 Å². The van der Waals surface area contributed by atoms with Crippen LogP contribution in [0.1, 0.15) is 11.1 Å². The molecule has 0 saturated carbocycles. The summed E-state index contributed by atoms with van der Waals surface area (Å²) in [6.07, 6.45) is 1.49. The fourth-order valence-corrected chi connectivity index (χ4v) is 2.49. The lowest BCUT2D eigenvalue weighted by atomic mass is 10.2. The zero-order valence-electron chi connectivity index (χ0n) is 15.3. The molecule has 0 aliphatic carbocycles. The van der Waals surface area contributed by atoms with Crippen LogP contribution in [0.25, 0.3) is 0 Å². The maximum atomic E-state index is 13.2. The number of benzene rings is 3. The van der Waals surface area contributed by atoms with Crippen molar-refractivity contribution in [1.82, 2.24) is 0 Å². The number of hydrogen-bond donors (Lipinski definition) is 1. The van der Waals surface area contributed by atoms with Gasteiger partial charge in [-0.1, -0.05) is 28.9 Å². The van der Waals surface area contributed by atoms with Crippen LogP contribution in [-0.4, -0.2) is 18.7 Å². The molecule has 0 aromatic heterocycles. The van der Waals surface area contributed by atoms with Crippen molar-refractivity contribution in [2.75, 3.05) is 11.9 Å². The standard InChI is InChI=1S/C22H18ClFN2O3/c23-18-6-8-20(9-7-18)26-22(27)15-29-25-13-16-4-10-21(11-5-16)28-14-17-2-1-3-19(24)12-17/h1-13H,14-15H2,(H,26,27)/b25-13+. The van der Waals surface area contributed by atoms with E-state index in [0.29, 0.717) is 16.5 Å². The molecule has 1 amide bonds. The monoisotopic (exact) mass is 412 g/mol. The number of hydrogen-bond acceptors (Lipinski definition) is 4. The maximum absolute atomic E-state index is 13.2. The molecule has 0 saturated heterocycles. The summed E-state index contributed by atoms with van der Waals surface area (Å²) in [7, 11) is 0. The first kappa shape index (κ1) is 20.4. The Morgan fingerprint density at radius 2 is 1.83 bits per heavy atom. The number of oxime groups is 1. The smallest absolute Gasteiger partial charge is 0.265 e. The third-order valence-electron chi connectivity index (χ3n) is 3.77. The van der Waals surface area contributed by atoms with Gasteiger partial charge in [-0.2, -0.15) is 0 Å². The van der Waals surface area contributed by atoms with Crippen molar-refractivity contribution in [1.29, 1.82) is 0 Å². The van der Waals surface area contributed by atoms with E-state index >= 15 is 0 Å². The van der Waals surface area contributed by atoms with Crippen molar-refractivity contribution in [3.05, 3.63) is 94.8 Å². The average molecular weight is 413 g/mol. The van der Waals surface area contributed by atoms with Gasteiger partial charge in [-0.25, -0.2) is 4.39 Å². The molecule has 3 aromatic rings. The van der Waals surface area contributed by atoms with E-state index in [9.17, 15) is 9.18 Å². The predicted octanol–water partition coefficient (Wildman–Crippen LogP) is 5.05. The first-order valence-corrected chi connectivity index (χ1v) is 9.14. The topological polar surface area (TPSA) is 59.9 Å². The lowest BCUT2D eigenvalue weighted by Gasteiger charge is -2.06. The van der Waals surface area contributed by atoms with Gasteiger partial charge in [0.05, 0.1) is 6.21 Å². The number of anilines is 1. The maximum Gasteiger partial charge on any atom is 0.265 e. The largest absolute Gasteiger partial charge is 0.489 e. The second-order valence-electron chi connectivity index (χ2n) is 6.05. The number of amides is 1. The Bertz CT molecular complexity index is 976. The van der Waals surface area contributed by atoms with E-state index in [1.54, 1.807) is 60.7 Å². The fourth-order valence-electron chi connectivity index (χ4n) is 2.37. The Hall–Kier alpha value is -3.38. The average Bonchev–Trinajstić information content (AvgIpc) is 2.72. The molecule has 3 aromatic carbocycles. The summed E-state index contributed by atoms with van der Waals surface area (Å²) < 4.78 is 18.8. The number of carbonyl (C=O) groups is 1. The van der Waals surface area contributed by atoms with Crippen molar-refractivity contribution in [3.63, 3.8) is 0 Å². The molecule has 0 bridgehead atoms. The lowest BCUT2D eigenvalue weighted by Crippen LogP contribution is -2.16. The van der Waals surface area contributed by atoms with E-state index in [-0.39, 0.29) is 24.9 Å². The quantitative estimate of drug-likeness (QED) is 0.416. The first-order chi connectivity index (χ1) is 14.1. The number of rotatable bonds is 8. The second kappa shape index (κ2) is 10.2. The van der Waals surface area contributed by atoms with Gasteiger partial charge in [0.1, 0.15) is 18.2 Å². The molecule has 29 heavy (non-hydrogen) atoms. The van der Waals surface area contributed by atoms with Crippen LogP contribution in [0.3, 0.4) is 0 Å². The molecule has 0 aliphatic heterocycles. The Morgan fingerprint density at radius 3 is 2.55 bits per heavy atom. The molecule has 3 rings (SSSR count). The molecule has 0 heterocycles. The minimum Gasteiger partial charge on any atom is -0.489 e. The normalized spacial score (nSPS) is 10.7. The highest BCUT2D eigenvalue weighted by Gasteiger charge is 2.02. The highest BCUT2D eigenvalue weighted by atomic mass is 35.5. The van der Waals surface area contributed by atoms with Gasteiger partial charge in [0.25, 0.3) is 5.91 Å². The fraction of sp³-hybridized carbons (Fsp3) is 0.0909. The number of halogens is 2. The van der Waals surface area contributed by atoms with Gasteiger partial charge in [0.15, 0.2) is 6.61 Å². The van der Waals surface area contributed by atoms with Gasteiger partial charge in [0, 0.05) is 10.7 Å². The van der Waals surface area contributed by atoms with E-state index in [1.807, 2.05) is 0 Å². The van der Waals surface area contributed by atoms with Crippen molar-refractivity contribution in [2.24, 2.45) is 5.16 Å². The van der Waals surface area contributed by atoms with E-state index in [2.05, 4.69) is 10.5 Å². The molecular weight excluding hydrogens is 395 g/mol. The number of nitrogens with zero attached hydrogens (tertiary/aromatic N) is 1. The van der Waals surface area contributed by atoms with Gasteiger partial charge in [-0.05, 0) is 71.8 Å². The summed E-state index contributed by atoms with van der Waals surface area (Å²) in [4.78, 5) is 16.8. The minimum absolute atomic E-state index is 0.214. The van der Waals surface area contributed by atoms with Gasteiger partial charge in [0.2, 0.25) is 0 Å². The van der Waals surface area contributed by atoms with Gasteiger partial charge < -0.3 is 14.9 Å². The van der Waals surface area contributed by atoms with Crippen molar-refractivity contribution >= 4 is 29.4 Å². The highest BCUT2D eigenvalue weighted by molar-refractivity contribution is 6.30. The summed E-state index contributed by atoms with van der Waals surface area (Å²) in [6.45, 7) is 0.0605. The van der Waals surface area contributed by atoms with Crippen LogP contribution in [0.15, 0.2) is 78.0 Å². The first-order valence-electron chi connectivity index (χ1n) is 8.76. The number of nitrogens with one attached hydrogen (secondary N) is 1. The zero-order valence-corrected chi connectivity index (χ0v) is 16.1. The van der Waals surface area contributed by atoms with Gasteiger partial charge in [-0.3, -0.25) is 4.79 Å². The Kier molecular flexibility index (Phi) is 7.19. The van der Waals surface area contributed by atoms with Crippen LogP contribution < -0.4 is 10.1 Å². The molecule has 0 atom stereocenters. The van der Waals surface area contributed by atoms with Crippen LogP contribution in [-0.2, 0) is 16.2 Å². The van der Waals surface area contributed by atoms with Crippen molar-refractivity contribution in [2.45, 2.75) is 6.61 Å². The summed E-state index contributed by atoms with van der Waals surface area (Å²) in [5.74, 6) is 0.0275. The Morgan fingerprint density at radius 1 is 1.07 bits per heavy atom. The molecule has 5 nitrogen and oxygen atoms in total. The second-order valence-corrected chi connectivity index (χ2v) is 6.49. The Labute approximate surface area is 172 Å². The van der Waals surface area contributed by atoms with Crippen molar-refractivity contribution in [3.8, 4) is 5.75 Å². The van der Waals surface area contributed by atoms with Gasteiger partial charge >= 0.3 is 0 Å². The molecule has 148 valence electrons. The molecule has 0 aliphatic rings. The van der Waals surface area contributed by atoms with E-state index in [4.69, 9.17) is 21.2 Å². The Balaban J connectivity index is 1.41. The predicted molar refractivity (Wildman–Crippen MR) is 111 cm³/mol. The molecule has 0 radical (unpaired) electrons. The summed E-state index contributed by atoms with van der Waals surface area (Å²) in [5, 5.41) is 7.04. The SMILES string of the molecule is O=C(CO/N=C/c1ccc(OCc2cccc(F)c2)cc1)Nc1ccc(Cl)cc1. The molecule has 1 N–H and O–H groups in total. The minimum atomic E-state index is -0.328. The molecular formula is C22H18ClFN2O3. The van der Waals surface area contributed by atoms with E-state index in [1.165, 1.54) is 18.3 Å². The number of carbonyl (C=O) groups excluding carboxylic acids is 1. The summed E-state index contributed by atoms with van der Waals surface area (Å²) in [5.41, 5.74) is 2.16. The molecule has 0 fully saturated rings. The lowest BCUT2D eigenvalue weighted by molar-refractivity contribution is -0.120. The number of ether oxygens (including phenoxy) is 1. The van der Waals surface area contributed by atoms with E-state index < -0.39 is 0 Å². The molecule has 0 spiro atoms. The zero-order chi connectivity index (χ0) is 20.5. The molecule has 0 unspecified atom stereocenters. The summed E-state index contributed by atoms with van der Waals surface area (Å²) >= 11 is 5.79. The third-order valence-corrected chi connectivity index (χ3v) is 4.03. The van der Waals surface area contributed by atoms with Crippen LogP contribution in [0.2, 0.25) is 5.02 Å². The third kappa shape index (κ3) is 6.93. The highest BCUT2D eigenvalue weighted by Crippen LogP contribution is 2.15. The molecule has 7 heteroatoms. The van der Waals surface area contributed by atoms with E-state index in [0.717, 1.165) is 11.1 Å². The van der Waals surface area contributed by atoms with Crippen LogP contribution in [0.4, 0.5) is 10.1 Å². The van der Waals surface area contributed by atoms with Crippen LogP contribution in [0, 0.1) is 5.82 Å². The summed E-state index contributed by atoms with van der Waals surface area (Å²) in [6, 6.07) is 20.1. The van der Waals surface area contributed by atoms with Crippen LogP contribution in [0.5, 0.6) is 5.75 Å².